The average molecular weight is 731 g/mol. The van der Waals surface area contributed by atoms with Crippen molar-refractivity contribution in [3.05, 3.63) is 182 Å². The van der Waals surface area contributed by atoms with E-state index in [-0.39, 0.29) is 0 Å². The highest BCUT2D eigenvalue weighted by Gasteiger charge is 2.21. The third kappa shape index (κ3) is 4.87. The fourth-order valence-corrected chi connectivity index (χ4v) is 8.51. The topological polar surface area (TPSA) is 69.9 Å². The Kier molecular flexibility index (Phi) is 6.83. The molecule has 0 saturated carbocycles. The van der Waals surface area contributed by atoms with E-state index in [1.165, 1.54) is 10.8 Å². The molecular formula is C51H30N4O2. The van der Waals surface area contributed by atoms with Crippen LogP contribution in [0, 0.1) is 0 Å². The summed E-state index contributed by atoms with van der Waals surface area (Å²) in [5.41, 5.74) is 11.4. The zero-order valence-corrected chi connectivity index (χ0v) is 30.4. The molecule has 0 N–H and O–H groups in total. The molecular weight excluding hydrogens is 701 g/mol. The van der Waals surface area contributed by atoms with E-state index in [9.17, 15) is 0 Å². The number of aromatic nitrogens is 4. The first-order chi connectivity index (χ1) is 28.3. The fourth-order valence-electron chi connectivity index (χ4n) is 8.51. The van der Waals surface area contributed by atoms with Gasteiger partial charge in [0.2, 0.25) is 0 Å². The lowest BCUT2D eigenvalue weighted by Crippen LogP contribution is -2.00. The lowest BCUT2D eigenvalue weighted by atomic mass is 9.97. The van der Waals surface area contributed by atoms with E-state index >= 15 is 0 Å². The Morgan fingerprint density at radius 1 is 0.351 bits per heavy atom. The highest BCUT2D eigenvalue weighted by Crippen LogP contribution is 2.43. The second kappa shape index (κ2) is 12.3. The molecule has 57 heavy (non-hydrogen) atoms. The molecule has 0 radical (unpaired) electrons. The molecule has 0 bridgehead atoms. The van der Waals surface area contributed by atoms with E-state index in [1.54, 1.807) is 0 Å². The van der Waals surface area contributed by atoms with Crippen LogP contribution in [-0.2, 0) is 0 Å². The summed E-state index contributed by atoms with van der Waals surface area (Å²) in [5, 5.41) is 6.48. The zero-order chi connectivity index (χ0) is 37.5. The van der Waals surface area contributed by atoms with Crippen molar-refractivity contribution in [2.24, 2.45) is 0 Å². The summed E-state index contributed by atoms with van der Waals surface area (Å²) in [6, 6.07) is 62.6. The fraction of sp³-hybridized carbons (Fsp3) is 0. The van der Waals surface area contributed by atoms with Crippen LogP contribution < -0.4 is 0 Å². The first-order valence-corrected chi connectivity index (χ1v) is 19.0. The Hall–Kier alpha value is -7.83. The highest BCUT2D eigenvalue weighted by molar-refractivity contribution is 6.19. The van der Waals surface area contributed by atoms with Crippen molar-refractivity contribution in [2.75, 3.05) is 0 Å². The van der Waals surface area contributed by atoms with E-state index < -0.39 is 0 Å². The Balaban J connectivity index is 1.05. The second-order valence-corrected chi connectivity index (χ2v) is 14.3. The maximum absolute atomic E-state index is 6.77. The van der Waals surface area contributed by atoms with Crippen LogP contribution in [0.5, 0.6) is 0 Å². The van der Waals surface area contributed by atoms with Gasteiger partial charge in [-0.15, -0.1) is 0 Å². The number of nitrogens with zero attached hydrogens (tertiary/aromatic N) is 4. The van der Waals surface area contributed by atoms with Crippen molar-refractivity contribution in [1.82, 2.24) is 19.5 Å². The van der Waals surface area contributed by atoms with Crippen molar-refractivity contribution in [3.8, 4) is 51.0 Å². The number of benzene rings is 8. The third-order valence-electron chi connectivity index (χ3n) is 11.1. The summed E-state index contributed by atoms with van der Waals surface area (Å²) in [7, 11) is 0. The summed E-state index contributed by atoms with van der Waals surface area (Å²) in [6.45, 7) is 0. The average Bonchev–Trinajstić information content (AvgIpc) is 3.96. The number of rotatable bonds is 5. The lowest BCUT2D eigenvalue weighted by Gasteiger charge is -2.09. The van der Waals surface area contributed by atoms with Crippen molar-refractivity contribution >= 4 is 65.7 Å². The maximum atomic E-state index is 6.77. The van der Waals surface area contributed by atoms with Gasteiger partial charge in [-0.3, -0.25) is 0 Å². The number of fused-ring (bicyclic) bond motifs is 9. The molecule has 0 fully saturated rings. The predicted octanol–water partition coefficient (Wildman–Crippen LogP) is 13.4. The summed E-state index contributed by atoms with van der Waals surface area (Å²) >= 11 is 0. The highest BCUT2D eigenvalue weighted by atomic mass is 16.3. The molecule has 0 unspecified atom stereocenters. The summed E-state index contributed by atoms with van der Waals surface area (Å²) in [5.74, 6) is 1.70. The Bertz CT molecular complexity index is 3530. The molecule has 4 heterocycles. The standard InChI is InChI=1S/C51H30N4O2/c1-3-14-31(15-4-1)49-52-50(54-51(53-49)40-24-12-21-36-34-18-8-10-27-44(34)56-48(36)40)32-28-29-45-41(30-32)38-23-11-22-37(47(38)57-45)35-20-13-26-43-46(35)39-19-7-9-25-42(39)55(43)33-16-5-2-6-17-33/h1-30H. The largest absolute Gasteiger partial charge is 0.455 e. The SMILES string of the molecule is c1ccc(-c2nc(-c3ccc4oc5c(-c6cccc7c6c6ccccc6n7-c6ccccc6)cccc5c4c3)nc(-c3cccc4c3oc3ccccc34)n2)cc1. The minimum atomic E-state index is 0.547. The molecule has 0 spiro atoms. The molecule has 12 rings (SSSR count). The van der Waals surface area contributed by atoms with E-state index in [2.05, 4.69) is 114 Å². The molecule has 4 aromatic heterocycles. The van der Waals surface area contributed by atoms with Crippen molar-refractivity contribution in [3.63, 3.8) is 0 Å². The first-order valence-electron chi connectivity index (χ1n) is 19.0. The predicted molar refractivity (Wildman–Crippen MR) is 230 cm³/mol. The Morgan fingerprint density at radius 2 is 0.912 bits per heavy atom. The van der Waals surface area contributed by atoms with Gasteiger partial charge in [0, 0.05) is 54.7 Å². The molecule has 6 heteroatoms. The van der Waals surface area contributed by atoms with Gasteiger partial charge in [0.1, 0.15) is 22.3 Å². The minimum absolute atomic E-state index is 0.547. The molecule has 0 aliphatic rings. The quantitative estimate of drug-likeness (QED) is 0.176. The minimum Gasteiger partial charge on any atom is -0.455 e. The van der Waals surface area contributed by atoms with Crippen LogP contribution in [0.2, 0.25) is 0 Å². The van der Waals surface area contributed by atoms with E-state index in [4.69, 9.17) is 23.8 Å². The zero-order valence-electron chi connectivity index (χ0n) is 30.4. The van der Waals surface area contributed by atoms with Gasteiger partial charge in [0.25, 0.3) is 0 Å². The third-order valence-corrected chi connectivity index (χ3v) is 11.1. The van der Waals surface area contributed by atoms with Gasteiger partial charge in [-0.25, -0.2) is 15.0 Å². The number of hydrogen-bond acceptors (Lipinski definition) is 5. The second-order valence-electron chi connectivity index (χ2n) is 14.3. The van der Waals surface area contributed by atoms with Gasteiger partial charge < -0.3 is 13.4 Å². The van der Waals surface area contributed by atoms with Crippen molar-refractivity contribution < 1.29 is 8.83 Å². The molecule has 6 nitrogen and oxygen atoms in total. The Labute approximate surface area is 325 Å². The van der Waals surface area contributed by atoms with Crippen LogP contribution in [0.15, 0.2) is 191 Å². The molecule has 0 aliphatic carbocycles. The van der Waals surface area contributed by atoms with Gasteiger partial charge in [-0.2, -0.15) is 0 Å². The van der Waals surface area contributed by atoms with Crippen LogP contribution in [-0.4, -0.2) is 19.5 Å². The van der Waals surface area contributed by atoms with Crippen LogP contribution >= 0.6 is 0 Å². The van der Waals surface area contributed by atoms with Crippen LogP contribution in [0.3, 0.4) is 0 Å². The van der Waals surface area contributed by atoms with Gasteiger partial charge >= 0.3 is 0 Å². The molecule has 8 aromatic carbocycles. The van der Waals surface area contributed by atoms with E-state index in [0.29, 0.717) is 17.5 Å². The van der Waals surface area contributed by atoms with E-state index in [0.717, 1.165) is 88.4 Å². The molecule has 266 valence electrons. The van der Waals surface area contributed by atoms with Crippen molar-refractivity contribution in [1.29, 1.82) is 0 Å². The molecule has 0 atom stereocenters. The smallest absolute Gasteiger partial charge is 0.167 e. The summed E-state index contributed by atoms with van der Waals surface area (Å²) in [6.07, 6.45) is 0. The number of para-hydroxylation sites is 5. The van der Waals surface area contributed by atoms with Crippen molar-refractivity contribution in [2.45, 2.75) is 0 Å². The summed E-state index contributed by atoms with van der Waals surface area (Å²) in [4.78, 5) is 15.2. The first kappa shape index (κ1) is 31.5. The molecule has 0 aliphatic heterocycles. The monoisotopic (exact) mass is 730 g/mol. The maximum Gasteiger partial charge on any atom is 0.167 e. The Morgan fingerprint density at radius 3 is 1.74 bits per heavy atom. The molecule has 0 saturated heterocycles. The van der Waals surface area contributed by atoms with Gasteiger partial charge in [0.05, 0.1) is 16.6 Å². The van der Waals surface area contributed by atoms with E-state index in [1.807, 2.05) is 72.8 Å². The van der Waals surface area contributed by atoms with Gasteiger partial charge in [-0.05, 0) is 60.2 Å². The molecule has 12 aromatic rings. The molecule has 0 amide bonds. The number of hydrogen-bond donors (Lipinski definition) is 0. The summed E-state index contributed by atoms with van der Waals surface area (Å²) < 4.78 is 15.6. The van der Waals surface area contributed by atoms with Gasteiger partial charge in [0.15, 0.2) is 17.5 Å². The normalized spacial score (nSPS) is 11.9. The van der Waals surface area contributed by atoms with Gasteiger partial charge in [-0.1, -0.05) is 127 Å². The lowest BCUT2D eigenvalue weighted by molar-refractivity contribution is 0.669. The van der Waals surface area contributed by atoms with Crippen LogP contribution in [0.1, 0.15) is 0 Å². The number of furan rings is 2. The van der Waals surface area contributed by atoms with Crippen LogP contribution in [0.25, 0.3) is 117 Å². The van der Waals surface area contributed by atoms with Crippen LogP contribution in [0.4, 0.5) is 0 Å².